The van der Waals surface area contributed by atoms with Crippen molar-refractivity contribution in [2.45, 2.75) is 45.1 Å². The first-order valence-electron chi connectivity index (χ1n) is 14.5. The van der Waals surface area contributed by atoms with Gasteiger partial charge in [-0.2, -0.15) is 0 Å². The van der Waals surface area contributed by atoms with Crippen LogP contribution >= 0.6 is 0 Å². The number of piperidine rings is 1. The van der Waals surface area contributed by atoms with Gasteiger partial charge in [-0.3, -0.25) is 4.79 Å². The number of likely N-dealkylation sites (tertiary alicyclic amines) is 1. The Balaban J connectivity index is 1.19. The summed E-state index contributed by atoms with van der Waals surface area (Å²) in [6, 6.07) is 15.6. The smallest absolute Gasteiger partial charge is 0.407 e. The van der Waals surface area contributed by atoms with Gasteiger partial charge in [0.1, 0.15) is 5.75 Å². The zero-order valence-corrected chi connectivity index (χ0v) is 23.4. The lowest BCUT2D eigenvalue weighted by atomic mass is 10.0. The molecule has 4 heterocycles. The summed E-state index contributed by atoms with van der Waals surface area (Å²) in [5.41, 5.74) is 3.08. The van der Waals surface area contributed by atoms with E-state index in [1.807, 2.05) is 48.2 Å². The number of carboxylic acid groups (broad SMARTS) is 1. The Morgan fingerprint density at radius 3 is 2.71 bits per heavy atom. The summed E-state index contributed by atoms with van der Waals surface area (Å²) in [5, 5.41) is 14.6. The van der Waals surface area contributed by atoms with Crippen molar-refractivity contribution >= 4 is 34.4 Å². The van der Waals surface area contributed by atoms with Gasteiger partial charge >= 0.3 is 6.09 Å². The highest BCUT2D eigenvalue weighted by molar-refractivity contribution is 6.09. The van der Waals surface area contributed by atoms with Crippen LogP contribution in [0.5, 0.6) is 11.6 Å². The molecule has 10 nitrogen and oxygen atoms in total. The van der Waals surface area contributed by atoms with Crippen molar-refractivity contribution in [1.82, 2.24) is 19.9 Å². The number of aromatic nitrogens is 3. The second kappa shape index (κ2) is 10.3. The number of hydrogen-bond acceptors (Lipinski definition) is 7. The van der Waals surface area contributed by atoms with E-state index < -0.39 is 6.09 Å². The van der Waals surface area contributed by atoms with Crippen molar-refractivity contribution < 1.29 is 19.4 Å². The van der Waals surface area contributed by atoms with Gasteiger partial charge in [-0.1, -0.05) is 24.3 Å². The van der Waals surface area contributed by atoms with Crippen LogP contribution in [0.4, 0.5) is 16.4 Å². The summed E-state index contributed by atoms with van der Waals surface area (Å²) in [7, 11) is 0. The summed E-state index contributed by atoms with van der Waals surface area (Å²) < 4.78 is 6.57. The van der Waals surface area contributed by atoms with Crippen LogP contribution in [0, 0.1) is 12.3 Å². The minimum absolute atomic E-state index is 0.0699. The number of ether oxygens (including phenoxy) is 1. The van der Waals surface area contributed by atoms with Crippen LogP contribution in [-0.2, 0) is 4.79 Å². The molecule has 2 saturated heterocycles. The van der Waals surface area contributed by atoms with Crippen LogP contribution in [0.25, 0.3) is 22.0 Å². The average molecular weight is 565 g/mol. The first-order chi connectivity index (χ1) is 20.4. The van der Waals surface area contributed by atoms with Gasteiger partial charge in [-0.25, -0.2) is 19.7 Å². The summed E-state index contributed by atoms with van der Waals surface area (Å²) in [5.74, 6) is 1.76. The number of carbonyl (C=O) groups is 2. The van der Waals surface area contributed by atoms with Crippen LogP contribution < -0.4 is 15.0 Å². The number of aryl methyl sites for hydroxylation is 1. The zero-order valence-electron chi connectivity index (χ0n) is 23.4. The van der Waals surface area contributed by atoms with Crippen molar-refractivity contribution in [1.29, 1.82) is 0 Å². The number of benzene rings is 2. The third kappa shape index (κ3) is 4.66. The van der Waals surface area contributed by atoms with E-state index in [4.69, 9.17) is 9.72 Å². The molecule has 2 aromatic carbocycles. The minimum Gasteiger partial charge on any atom is -0.465 e. The molecule has 10 heteroatoms. The molecule has 2 aromatic heterocycles. The fourth-order valence-corrected chi connectivity index (χ4v) is 6.25. The normalized spacial score (nSPS) is 19.4. The van der Waals surface area contributed by atoms with Crippen molar-refractivity contribution in [2.75, 3.05) is 29.9 Å². The molecule has 2 aliphatic heterocycles. The van der Waals surface area contributed by atoms with E-state index in [1.54, 1.807) is 18.5 Å². The number of nitrogens with one attached hydrogen (secondary N) is 1. The second-order valence-electron chi connectivity index (χ2n) is 11.5. The minimum atomic E-state index is -0.914. The quantitative estimate of drug-likeness (QED) is 0.299. The average Bonchev–Trinajstić information content (AvgIpc) is 3.73. The van der Waals surface area contributed by atoms with Gasteiger partial charge in [-0.05, 0) is 68.9 Å². The molecule has 1 atom stereocenters. The number of fused-ring (bicyclic) bond motifs is 1. The van der Waals surface area contributed by atoms with Gasteiger partial charge < -0.3 is 25.0 Å². The monoisotopic (exact) mass is 564 g/mol. The van der Waals surface area contributed by atoms with Crippen LogP contribution in [0.1, 0.15) is 37.7 Å². The maximum Gasteiger partial charge on any atom is 0.407 e. The zero-order chi connectivity index (χ0) is 28.8. The number of hydrogen-bond donors (Lipinski definition) is 2. The molecular formula is C32H32N6O4. The summed E-state index contributed by atoms with van der Waals surface area (Å²) in [4.78, 5) is 41.7. The van der Waals surface area contributed by atoms with Crippen molar-refractivity contribution in [2.24, 2.45) is 5.41 Å². The highest BCUT2D eigenvalue weighted by Gasteiger charge is 2.55. The Morgan fingerprint density at radius 1 is 1.02 bits per heavy atom. The number of rotatable bonds is 6. The summed E-state index contributed by atoms with van der Waals surface area (Å²) >= 11 is 0. The molecule has 7 rings (SSSR count). The van der Waals surface area contributed by atoms with E-state index >= 15 is 0 Å². The van der Waals surface area contributed by atoms with Gasteiger partial charge in [0, 0.05) is 48.8 Å². The Bertz CT molecular complexity index is 1700. The van der Waals surface area contributed by atoms with E-state index in [0.717, 1.165) is 60.7 Å². The van der Waals surface area contributed by atoms with E-state index in [2.05, 4.69) is 21.4 Å². The standard InChI is InChI=1S/C32H32N6O4/c1-20-9-10-22-23(6-2-8-26(22)38-18-14-32(12-13-32)29(38)39)27(20)42-28-24(7-3-15-33-28)25-11-16-34-30(36-25)35-21-5-4-17-37(19-21)31(40)41/h2-3,6-11,15-16,21H,4-5,12-14,17-19H2,1H3,(H,40,41)(H,34,35,36). The van der Waals surface area contributed by atoms with Crippen molar-refractivity contribution in [3.63, 3.8) is 0 Å². The van der Waals surface area contributed by atoms with Crippen LogP contribution in [0.15, 0.2) is 60.9 Å². The van der Waals surface area contributed by atoms with E-state index in [0.29, 0.717) is 41.9 Å². The molecule has 2 amide bonds. The lowest BCUT2D eigenvalue weighted by Gasteiger charge is -2.31. The molecule has 0 radical (unpaired) electrons. The largest absolute Gasteiger partial charge is 0.465 e. The lowest BCUT2D eigenvalue weighted by Crippen LogP contribution is -2.44. The van der Waals surface area contributed by atoms with Gasteiger partial charge in [0.15, 0.2) is 0 Å². The molecule has 1 unspecified atom stereocenters. The van der Waals surface area contributed by atoms with Crippen LogP contribution in [-0.4, -0.2) is 62.6 Å². The molecule has 42 heavy (non-hydrogen) atoms. The highest BCUT2D eigenvalue weighted by Crippen LogP contribution is 2.55. The Hall–Kier alpha value is -4.73. The van der Waals surface area contributed by atoms with Gasteiger partial charge in [0.2, 0.25) is 17.7 Å². The van der Waals surface area contributed by atoms with E-state index in [-0.39, 0.29) is 17.4 Å². The SMILES string of the molecule is Cc1ccc2c(N3CCC4(CC4)C3=O)cccc2c1Oc1ncccc1-c1ccnc(NC2CCCN(C(=O)O)C2)n1. The second-order valence-corrected chi connectivity index (χ2v) is 11.5. The summed E-state index contributed by atoms with van der Waals surface area (Å²) in [6.07, 6.45) is 6.97. The molecule has 3 aliphatic rings. The number of pyridine rings is 1. The van der Waals surface area contributed by atoms with Gasteiger partial charge in [0.05, 0.1) is 22.4 Å². The molecule has 0 bridgehead atoms. The number of carbonyl (C=O) groups excluding carboxylic acids is 1. The highest BCUT2D eigenvalue weighted by atomic mass is 16.5. The van der Waals surface area contributed by atoms with E-state index in [1.165, 1.54) is 4.90 Å². The third-order valence-corrected chi connectivity index (χ3v) is 8.77. The fourth-order valence-electron chi connectivity index (χ4n) is 6.25. The van der Waals surface area contributed by atoms with Gasteiger partial charge in [0.25, 0.3) is 0 Å². The molecule has 1 saturated carbocycles. The molecule has 2 N–H and O–H groups in total. The van der Waals surface area contributed by atoms with Crippen molar-refractivity contribution in [3.8, 4) is 22.9 Å². The number of nitrogens with zero attached hydrogens (tertiary/aromatic N) is 5. The Kier molecular flexibility index (Phi) is 6.41. The third-order valence-electron chi connectivity index (χ3n) is 8.77. The maximum absolute atomic E-state index is 13.2. The van der Waals surface area contributed by atoms with Crippen LogP contribution in [0.2, 0.25) is 0 Å². The van der Waals surface area contributed by atoms with Gasteiger partial charge in [-0.15, -0.1) is 0 Å². The molecule has 214 valence electrons. The fraction of sp³-hybridized carbons (Fsp3) is 0.344. The summed E-state index contributed by atoms with van der Waals surface area (Å²) in [6.45, 7) is 3.67. The maximum atomic E-state index is 13.2. The molecule has 4 aromatic rings. The lowest BCUT2D eigenvalue weighted by molar-refractivity contribution is -0.121. The number of amides is 2. The topological polar surface area (TPSA) is 121 Å². The first kappa shape index (κ1) is 26.2. The molecule has 3 fully saturated rings. The first-order valence-corrected chi connectivity index (χ1v) is 14.5. The van der Waals surface area contributed by atoms with Crippen molar-refractivity contribution in [3.05, 3.63) is 66.5 Å². The Labute approximate surface area is 243 Å². The van der Waals surface area contributed by atoms with E-state index in [9.17, 15) is 14.7 Å². The Morgan fingerprint density at radius 2 is 1.90 bits per heavy atom. The predicted octanol–water partition coefficient (Wildman–Crippen LogP) is 5.86. The predicted molar refractivity (Wildman–Crippen MR) is 159 cm³/mol. The molecule has 1 spiro atoms. The molecule has 1 aliphatic carbocycles. The number of anilines is 2. The van der Waals surface area contributed by atoms with Crippen LogP contribution in [0.3, 0.4) is 0 Å². The molecular weight excluding hydrogens is 532 g/mol.